The van der Waals surface area contributed by atoms with E-state index < -0.39 is 0 Å². The lowest BCUT2D eigenvalue weighted by atomic mass is 10.2. The molecular formula is C22H23N3O4S. The zero-order valence-electron chi connectivity index (χ0n) is 17.0. The van der Waals surface area contributed by atoms with Crippen LogP contribution in [0.25, 0.3) is 10.2 Å². The highest BCUT2D eigenvalue weighted by Crippen LogP contribution is 2.29. The van der Waals surface area contributed by atoms with Gasteiger partial charge in [-0.05, 0) is 49.6 Å². The van der Waals surface area contributed by atoms with E-state index in [0.717, 1.165) is 31.5 Å². The van der Waals surface area contributed by atoms with E-state index in [4.69, 9.17) is 4.74 Å². The summed E-state index contributed by atoms with van der Waals surface area (Å²) >= 11 is 1.24. The summed E-state index contributed by atoms with van der Waals surface area (Å²) in [6.45, 7) is 4.90. The average molecular weight is 426 g/mol. The van der Waals surface area contributed by atoms with Crippen LogP contribution in [0, 0.1) is 6.92 Å². The molecule has 8 heteroatoms. The number of aromatic nitrogens is 2. The van der Waals surface area contributed by atoms with Crippen LogP contribution < -0.4 is 10.9 Å². The molecule has 3 heterocycles. The third-order valence-electron chi connectivity index (χ3n) is 5.23. The zero-order valence-corrected chi connectivity index (χ0v) is 17.8. The molecule has 0 saturated carbocycles. The molecular weight excluding hydrogens is 402 g/mol. The average Bonchev–Trinajstić information content (AvgIpc) is 3.34. The van der Waals surface area contributed by atoms with Crippen molar-refractivity contribution >= 4 is 39.1 Å². The second kappa shape index (κ2) is 8.39. The van der Waals surface area contributed by atoms with Gasteiger partial charge < -0.3 is 10.1 Å². The molecule has 0 fully saturated rings. The van der Waals surface area contributed by atoms with Crippen molar-refractivity contribution in [1.82, 2.24) is 9.55 Å². The summed E-state index contributed by atoms with van der Waals surface area (Å²) in [6.07, 6.45) is 3.50. The van der Waals surface area contributed by atoms with Crippen molar-refractivity contribution in [2.24, 2.45) is 0 Å². The molecule has 1 aliphatic rings. The van der Waals surface area contributed by atoms with Gasteiger partial charge in [-0.3, -0.25) is 14.2 Å². The number of rotatable bonds is 6. The molecule has 156 valence electrons. The minimum Gasteiger partial charge on any atom is -0.462 e. The molecule has 1 amide bonds. The van der Waals surface area contributed by atoms with Crippen molar-refractivity contribution in [1.29, 1.82) is 0 Å². The monoisotopic (exact) mass is 425 g/mol. The van der Waals surface area contributed by atoms with Crippen LogP contribution in [-0.4, -0.2) is 28.0 Å². The molecule has 0 spiro atoms. The number of carbonyl (C=O) groups is 2. The quantitative estimate of drug-likeness (QED) is 0.477. The standard InChI is InChI=1S/C22H23N3O4S/c1-3-4-12-29-22(28)14-7-9-15(10-8-14)23-19(26)18-13(2)17-20(30-18)24-16-6-5-11-25(16)21(17)27/h7-10H,3-6,11-12H2,1-2H3,(H,23,26). The van der Waals surface area contributed by atoms with Crippen LogP contribution in [0.5, 0.6) is 0 Å². The van der Waals surface area contributed by atoms with Gasteiger partial charge in [-0.25, -0.2) is 9.78 Å². The summed E-state index contributed by atoms with van der Waals surface area (Å²) in [5.41, 5.74) is 1.59. The van der Waals surface area contributed by atoms with Gasteiger partial charge in [0.1, 0.15) is 10.7 Å². The second-order valence-electron chi connectivity index (χ2n) is 7.35. The van der Waals surface area contributed by atoms with Gasteiger partial charge in [0.15, 0.2) is 0 Å². The van der Waals surface area contributed by atoms with Gasteiger partial charge in [-0.15, -0.1) is 11.3 Å². The van der Waals surface area contributed by atoms with Crippen LogP contribution in [0.3, 0.4) is 0 Å². The van der Waals surface area contributed by atoms with Crippen molar-refractivity contribution in [3.63, 3.8) is 0 Å². The van der Waals surface area contributed by atoms with Crippen molar-refractivity contribution in [3.8, 4) is 0 Å². The van der Waals surface area contributed by atoms with Crippen LogP contribution >= 0.6 is 11.3 Å². The minimum atomic E-state index is -0.374. The number of thiophene rings is 1. The van der Waals surface area contributed by atoms with Crippen LogP contribution in [-0.2, 0) is 17.7 Å². The SMILES string of the molecule is CCCCOC(=O)c1ccc(NC(=O)c2sc3nc4n(c(=O)c3c2C)CCC4)cc1. The van der Waals surface area contributed by atoms with Crippen molar-refractivity contribution < 1.29 is 14.3 Å². The number of aryl methyl sites for hydroxylation is 2. The first-order valence-electron chi connectivity index (χ1n) is 10.1. The summed E-state index contributed by atoms with van der Waals surface area (Å²) in [4.78, 5) is 43.3. The number of ether oxygens (including phenoxy) is 1. The number of amides is 1. The zero-order chi connectivity index (χ0) is 21.3. The van der Waals surface area contributed by atoms with Crippen molar-refractivity contribution in [3.05, 3.63) is 56.4 Å². The van der Waals surface area contributed by atoms with E-state index in [2.05, 4.69) is 10.3 Å². The topological polar surface area (TPSA) is 90.3 Å². The minimum absolute atomic E-state index is 0.0637. The molecule has 1 N–H and O–H groups in total. The summed E-state index contributed by atoms with van der Waals surface area (Å²) in [5, 5.41) is 3.37. The highest BCUT2D eigenvalue weighted by atomic mass is 32.1. The van der Waals surface area contributed by atoms with Gasteiger partial charge in [0.25, 0.3) is 11.5 Å². The Morgan fingerprint density at radius 1 is 1.27 bits per heavy atom. The highest BCUT2D eigenvalue weighted by Gasteiger charge is 2.23. The molecule has 0 atom stereocenters. The van der Waals surface area contributed by atoms with Crippen LogP contribution in [0.2, 0.25) is 0 Å². The molecule has 4 rings (SSSR count). The summed E-state index contributed by atoms with van der Waals surface area (Å²) in [7, 11) is 0. The number of nitrogens with zero attached hydrogens (tertiary/aromatic N) is 2. The van der Waals surface area contributed by atoms with Gasteiger partial charge in [-0.1, -0.05) is 13.3 Å². The van der Waals surface area contributed by atoms with Gasteiger partial charge >= 0.3 is 5.97 Å². The Kier molecular flexibility index (Phi) is 5.67. The third kappa shape index (κ3) is 3.75. The molecule has 7 nitrogen and oxygen atoms in total. The predicted molar refractivity (Wildman–Crippen MR) is 117 cm³/mol. The van der Waals surface area contributed by atoms with Crippen LogP contribution in [0.4, 0.5) is 5.69 Å². The normalized spacial score (nSPS) is 12.7. The van der Waals surface area contributed by atoms with E-state index in [1.54, 1.807) is 35.8 Å². The first-order chi connectivity index (χ1) is 14.5. The first kappa shape index (κ1) is 20.3. The fourth-order valence-electron chi connectivity index (χ4n) is 3.56. The maximum atomic E-state index is 12.8. The predicted octanol–water partition coefficient (Wildman–Crippen LogP) is 3.92. The fourth-order valence-corrected chi connectivity index (χ4v) is 4.65. The Balaban J connectivity index is 1.52. The fraction of sp³-hybridized carbons (Fsp3) is 0.364. The smallest absolute Gasteiger partial charge is 0.338 e. The number of carbonyl (C=O) groups excluding carboxylic acids is 2. The van der Waals surface area contributed by atoms with Crippen LogP contribution in [0.1, 0.15) is 57.6 Å². The lowest BCUT2D eigenvalue weighted by molar-refractivity contribution is 0.0499. The van der Waals surface area contributed by atoms with E-state index in [1.165, 1.54) is 11.3 Å². The Bertz CT molecular complexity index is 1180. The Hall–Kier alpha value is -3.00. The number of nitrogens with one attached hydrogen (secondary N) is 1. The molecule has 30 heavy (non-hydrogen) atoms. The number of fused-ring (bicyclic) bond motifs is 2. The number of anilines is 1. The van der Waals surface area contributed by atoms with Crippen LogP contribution in [0.15, 0.2) is 29.1 Å². The molecule has 1 aromatic carbocycles. The molecule has 0 unspecified atom stereocenters. The lowest BCUT2D eigenvalue weighted by Gasteiger charge is -2.07. The largest absolute Gasteiger partial charge is 0.462 e. The van der Waals surface area contributed by atoms with Gasteiger partial charge in [0.05, 0.1) is 22.4 Å². The molecule has 1 aliphatic heterocycles. The summed E-state index contributed by atoms with van der Waals surface area (Å²) in [5.74, 6) is 0.127. The van der Waals surface area contributed by atoms with E-state index in [0.29, 0.717) is 45.1 Å². The maximum absolute atomic E-state index is 12.8. The molecule has 0 saturated heterocycles. The molecule has 0 bridgehead atoms. The maximum Gasteiger partial charge on any atom is 0.338 e. The Labute approximate surface area is 177 Å². The van der Waals surface area contributed by atoms with E-state index in [9.17, 15) is 14.4 Å². The number of unbranched alkanes of at least 4 members (excludes halogenated alkanes) is 1. The molecule has 2 aromatic heterocycles. The number of hydrogen-bond acceptors (Lipinski definition) is 6. The van der Waals surface area contributed by atoms with E-state index in [-0.39, 0.29) is 17.4 Å². The van der Waals surface area contributed by atoms with Crippen molar-refractivity contribution in [2.75, 3.05) is 11.9 Å². The van der Waals surface area contributed by atoms with E-state index >= 15 is 0 Å². The molecule has 3 aromatic rings. The summed E-state index contributed by atoms with van der Waals surface area (Å²) in [6, 6.07) is 6.58. The number of esters is 1. The summed E-state index contributed by atoms with van der Waals surface area (Å²) < 4.78 is 6.90. The Morgan fingerprint density at radius 2 is 2.03 bits per heavy atom. The second-order valence-corrected chi connectivity index (χ2v) is 8.34. The van der Waals surface area contributed by atoms with Gasteiger partial charge in [0, 0.05) is 18.7 Å². The number of benzene rings is 1. The van der Waals surface area contributed by atoms with E-state index in [1.807, 2.05) is 6.92 Å². The molecule has 0 radical (unpaired) electrons. The highest BCUT2D eigenvalue weighted by molar-refractivity contribution is 7.20. The van der Waals surface area contributed by atoms with Gasteiger partial charge in [0.2, 0.25) is 0 Å². The number of hydrogen-bond donors (Lipinski definition) is 1. The lowest BCUT2D eigenvalue weighted by Crippen LogP contribution is -2.20. The third-order valence-corrected chi connectivity index (χ3v) is 6.41. The van der Waals surface area contributed by atoms with Crippen molar-refractivity contribution in [2.45, 2.75) is 46.1 Å². The Morgan fingerprint density at radius 3 is 2.77 bits per heavy atom. The first-order valence-corrected chi connectivity index (χ1v) is 10.9. The van der Waals surface area contributed by atoms with Gasteiger partial charge in [-0.2, -0.15) is 0 Å². The molecule has 0 aliphatic carbocycles.